The number of anilines is 6. The third-order valence-electron chi connectivity index (χ3n) is 14.0. The molecule has 13 nitrogen and oxygen atoms in total. The Hall–Kier alpha value is -5.44. The molecule has 2 amide bonds. The van der Waals surface area contributed by atoms with Crippen molar-refractivity contribution >= 4 is 81.3 Å². The minimum absolute atomic E-state index is 0.0563. The first kappa shape index (κ1) is 46.7. The van der Waals surface area contributed by atoms with Crippen LogP contribution in [0.2, 0.25) is 5.02 Å². The molecule has 6 heterocycles. The van der Waals surface area contributed by atoms with Gasteiger partial charge in [-0.2, -0.15) is 4.98 Å². The van der Waals surface area contributed by atoms with E-state index in [0.29, 0.717) is 51.7 Å². The van der Waals surface area contributed by atoms with Gasteiger partial charge in [0.25, 0.3) is 0 Å². The number of pyridine rings is 1. The molecule has 0 saturated carbocycles. The Morgan fingerprint density at radius 1 is 0.896 bits per heavy atom. The molecule has 4 aliphatic heterocycles. The number of fused-ring (bicyclic) bond motifs is 1. The van der Waals surface area contributed by atoms with Gasteiger partial charge in [-0.05, 0) is 121 Å². The number of rotatable bonds is 12. The zero-order chi connectivity index (χ0) is 47.4. The highest BCUT2D eigenvalue weighted by Crippen LogP contribution is 2.46. The fourth-order valence-corrected chi connectivity index (χ4v) is 12.1. The molecule has 0 unspecified atom stereocenters. The predicted octanol–water partition coefficient (Wildman–Crippen LogP) is 9.19. The first-order valence-electron chi connectivity index (χ1n) is 23.1. The minimum Gasteiger partial charge on any atom is -0.492 e. The van der Waals surface area contributed by atoms with Crippen LogP contribution in [0.15, 0.2) is 48.7 Å². The van der Waals surface area contributed by atoms with Gasteiger partial charge in [-0.15, -0.1) is 0 Å². The number of aromatic nitrogens is 3. The number of carbonyl (C=O) groups excluding carboxylic acids is 2. The van der Waals surface area contributed by atoms with Gasteiger partial charge in [0.1, 0.15) is 35.4 Å². The Labute approximate surface area is 393 Å². The Balaban J connectivity index is 0.831. The van der Waals surface area contributed by atoms with E-state index >= 15 is 8.78 Å². The van der Waals surface area contributed by atoms with Gasteiger partial charge in [0.05, 0.1) is 41.3 Å². The number of nitrogens with one attached hydrogen (secondary N) is 3. The maximum atomic E-state index is 15.3. The largest absolute Gasteiger partial charge is 0.492 e. The summed E-state index contributed by atoms with van der Waals surface area (Å²) in [5, 5.41) is 9.96. The van der Waals surface area contributed by atoms with Gasteiger partial charge in [0.15, 0.2) is 5.82 Å². The lowest BCUT2D eigenvalue weighted by Crippen LogP contribution is -2.61. The van der Waals surface area contributed by atoms with Crippen LogP contribution in [0.4, 0.5) is 47.7 Å². The van der Waals surface area contributed by atoms with Crippen LogP contribution >= 0.6 is 18.7 Å². The van der Waals surface area contributed by atoms with E-state index in [4.69, 9.17) is 21.3 Å². The summed E-state index contributed by atoms with van der Waals surface area (Å²) in [5.41, 5.74) is 4.60. The monoisotopic (exact) mass is 957 g/mol. The van der Waals surface area contributed by atoms with Crippen molar-refractivity contribution in [3.63, 3.8) is 0 Å². The maximum Gasteiger partial charge on any atom is 0.234 e. The van der Waals surface area contributed by atoms with Gasteiger partial charge in [-0.1, -0.05) is 18.5 Å². The van der Waals surface area contributed by atoms with Crippen molar-refractivity contribution in [1.82, 2.24) is 25.2 Å². The molecular formula is C49H56ClF3N9O4P. The van der Waals surface area contributed by atoms with E-state index in [1.807, 2.05) is 11.8 Å². The van der Waals surface area contributed by atoms with E-state index in [2.05, 4.69) is 54.8 Å². The summed E-state index contributed by atoms with van der Waals surface area (Å²) in [6, 6.07) is 12.2. The minimum atomic E-state index is -2.96. The molecule has 0 aliphatic carbocycles. The molecule has 354 valence electrons. The van der Waals surface area contributed by atoms with Crippen LogP contribution in [0.25, 0.3) is 10.9 Å². The SMILES string of the molecule is CCOc1cc(N2CCC(N3CCC4(CC3)CN(c3cc(F)c([C@H]5CCC(=O)NC5=O)c(F)c3)C4)CC2)c(CC)cc1Nc1ncc(Cl)c(Nc2ccc3nc(C)c(F)cc3c2P(C)(C)=O)n1. The Morgan fingerprint density at radius 3 is 2.27 bits per heavy atom. The molecule has 3 N–H and O–H groups in total. The van der Waals surface area contributed by atoms with Gasteiger partial charge >= 0.3 is 0 Å². The Morgan fingerprint density at radius 2 is 1.61 bits per heavy atom. The van der Waals surface area contributed by atoms with Gasteiger partial charge in [0, 0.05) is 77.8 Å². The molecular weight excluding hydrogens is 902 g/mol. The van der Waals surface area contributed by atoms with Gasteiger partial charge in [-0.25, -0.2) is 18.2 Å². The third kappa shape index (κ3) is 9.41. The smallest absolute Gasteiger partial charge is 0.234 e. The fraction of sp³-hybridized carbons (Fsp3) is 0.449. The number of imide groups is 1. The Bertz CT molecular complexity index is 2780. The summed E-state index contributed by atoms with van der Waals surface area (Å²) in [6.07, 6.45) is 6.51. The number of piperidine rings is 3. The molecule has 4 aliphatic rings. The first-order chi connectivity index (χ1) is 32.0. The number of nitrogens with zero attached hydrogens (tertiary/aromatic N) is 6. The second kappa shape index (κ2) is 18.6. The maximum absolute atomic E-state index is 15.3. The van der Waals surface area contributed by atoms with E-state index < -0.39 is 42.3 Å². The van der Waals surface area contributed by atoms with Crippen molar-refractivity contribution in [3.05, 3.63) is 88.0 Å². The number of benzene rings is 3. The first-order valence-corrected chi connectivity index (χ1v) is 26.1. The molecule has 5 aromatic rings. The van der Waals surface area contributed by atoms with Crippen molar-refractivity contribution in [2.75, 3.05) is 79.6 Å². The van der Waals surface area contributed by atoms with E-state index in [0.717, 1.165) is 82.6 Å². The topological polar surface area (TPSA) is 145 Å². The number of hydrogen-bond acceptors (Lipinski definition) is 12. The van der Waals surface area contributed by atoms with Crippen LogP contribution < -0.4 is 35.8 Å². The molecule has 0 bridgehead atoms. The summed E-state index contributed by atoms with van der Waals surface area (Å²) in [4.78, 5) is 44.6. The second-order valence-electron chi connectivity index (χ2n) is 18.8. The van der Waals surface area contributed by atoms with Crippen molar-refractivity contribution in [3.8, 4) is 5.75 Å². The molecule has 18 heteroatoms. The van der Waals surface area contributed by atoms with E-state index in [1.54, 1.807) is 32.4 Å². The number of aryl methyl sites for hydroxylation is 2. The van der Waals surface area contributed by atoms with Gasteiger partial charge in [-0.3, -0.25) is 19.9 Å². The number of hydrogen-bond donors (Lipinski definition) is 3. The molecule has 9 rings (SSSR count). The molecule has 2 aromatic heterocycles. The molecule has 67 heavy (non-hydrogen) atoms. The van der Waals surface area contributed by atoms with Gasteiger partial charge < -0.3 is 34.6 Å². The van der Waals surface area contributed by atoms with Crippen molar-refractivity contribution in [2.45, 2.75) is 77.7 Å². The van der Waals surface area contributed by atoms with Crippen molar-refractivity contribution in [1.29, 1.82) is 0 Å². The number of carbonyl (C=O) groups is 2. The standard InChI is InChI=1S/C49H56ClF3N9O4P/c1-6-29-20-40(57-48-54-25-34(50)46(59-48)56-39-10-9-38-33(45(39)67(4,5)65)23-35(51)28(3)55-38)42(66-7-2)24-41(29)61-16-12-30(13-17-61)60-18-14-49(15-19-60)26-62(27-49)31-21-36(52)44(37(53)22-31)32-8-11-43(63)58-47(32)64/h9-10,20-25,30,32H,6-8,11-19,26-27H2,1-5H3,(H,58,63,64)(H2,54,56,57,59)/t32-/m1/s1. The van der Waals surface area contributed by atoms with Crippen LogP contribution in [0.5, 0.6) is 5.75 Å². The zero-order valence-electron chi connectivity index (χ0n) is 38.4. The van der Waals surface area contributed by atoms with E-state index in [9.17, 15) is 18.5 Å². The molecule has 3 aromatic carbocycles. The lowest BCUT2D eigenvalue weighted by atomic mass is 9.71. The van der Waals surface area contributed by atoms with Crippen LogP contribution in [0.1, 0.15) is 75.1 Å². The van der Waals surface area contributed by atoms with E-state index in [-0.39, 0.29) is 46.3 Å². The van der Waals surface area contributed by atoms with Crippen LogP contribution in [0, 0.1) is 29.8 Å². The highest BCUT2D eigenvalue weighted by atomic mass is 35.5. The van der Waals surface area contributed by atoms with E-state index in [1.165, 1.54) is 24.4 Å². The average molecular weight is 958 g/mol. The molecule has 4 saturated heterocycles. The summed E-state index contributed by atoms with van der Waals surface area (Å²) < 4.78 is 65.2. The number of amides is 2. The summed E-state index contributed by atoms with van der Waals surface area (Å²) in [5.74, 6) is -2.84. The molecule has 1 atom stereocenters. The normalized spacial score (nSPS) is 19.1. The lowest BCUT2D eigenvalue weighted by Gasteiger charge is -2.56. The number of ether oxygens (including phenoxy) is 1. The van der Waals surface area contributed by atoms with Crippen molar-refractivity contribution < 1.29 is 32.1 Å². The average Bonchev–Trinajstić information content (AvgIpc) is 3.27. The number of halogens is 4. The Kier molecular flexibility index (Phi) is 12.9. The lowest BCUT2D eigenvalue weighted by molar-refractivity contribution is -0.134. The third-order valence-corrected chi connectivity index (χ3v) is 15.8. The molecule has 0 radical (unpaired) electrons. The fourth-order valence-electron chi connectivity index (χ4n) is 10.5. The molecule has 4 fully saturated rings. The summed E-state index contributed by atoms with van der Waals surface area (Å²) in [7, 11) is -2.96. The van der Waals surface area contributed by atoms with Crippen LogP contribution in [-0.4, -0.2) is 96.9 Å². The quantitative estimate of drug-likeness (QED) is 0.0810. The predicted molar refractivity (Wildman–Crippen MR) is 258 cm³/mol. The second-order valence-corrected chi connectivity index (χ2v) is 22.3. The number of likely N-dealkylation sites (tertiary alicyclic amines) is 1. The summed E-state index contributed by atoms with van der Waals surface area (Å²) in [6.45, 7) is 14.6. The van der Waals surface area contributed by atoms with Crippen LogP contribution in [0.3, 0.4) is 0 Å². The van der Waals surface area contributed by atoms with Crippen LogP contribution in [-0.2, 0) is 20.6 Å². The van der Waals surface area contributed by atoms with Crippen molar-refractivity contribution in [2.24, 2.45) is 5.41 Å². The molecule has 1 spiro atoms. The summed E-state index contributed by atoms with van der Waals surface area (Å²) >= 11 is 6.63. The highest BCUT2D eigenvalue weighted by Gasteiger charge is 2.46. The highest BCUT2D eigenvalue weighted by molar-refractivity contribution is 7.71. The van der Waals surface area contributed by atoms with Gasteiger partial charge in [0.2, 0.25) is 17.8 Å². The zero-order valence-corrected chi connectivity index (χ0v) is 40.1.